The van der Waals surface area contributed by atoms with Crippen molar-refractivity contribution in [2.24, 2.45) is 0 Å². The van der Waals surface area contributed by atoms with Crippen molar-refractivity contribution in [3.63, 3.8) is 0 Å². The van der Waals surface area contributed by atoms with E-state index in [9.17, 15) is 4.79 Å². The summed E-state index contributed by atoms with van der Waals surface area (Å²) in [5, 5.41) is 4.19. The average Bonchev–Trinajstić information content (AvgIpc) is 2.71. The van der Waals surface area contributed by atoms with Gasteiger partial charge in [0.2, 0.25) is 5.91 Å². The highest BCUT2D eigenvalue weighted by Crippen LogP contribution is 2.36. The maximum atomic E-state index is 12.8. The van der Waals surface area contributed by atoms with Crippen LogP contribution in [0.4, 0.5) is 0 Å². The maximum Gasteiger partial charge on any atom is 0.244 e. The Hall–Kier alpha value is -0.220. The zero-order chi connectivity index (χ0) is 14.0. The summed E-state index contributed by atoms with van der Waals surface area (Å²) in [6.07, 6.45) is 9.31. The third kappa shape index (κ3) is 2.66. The average molecular weight is 284 g/mol. The van der Waals surface area contributed by atoms with E-state index in [0.717, 1.165) is 12.8 Å². The topological polar surface area (TPSA) is 32.3 Å². The SMILES string of the molecule is CCC1NC(C)(CC)C(=O)N1C1CCCCC1SC. The summed E-state index contributed by atoms with van der Waals surface area (Å²) in [6.45, 7) is 6.35. The van der Waals surface area contributed by atoms with Gasteiger partial charge in [-0.3, -0.25) is 10.1 Å². The third-order valence-electron chi connectivity index (χ3n) is 4.95. The molecule has 19 heavy (non-hydrogen) atoms. The van der Waals surface area contributed by atoms with E-state index in [1.54, 1.807) is 0 Å². The Labute approximate surface area is 121 Å². The standard InChI is InChI=1S/C15H28N2OS/c1-5-13-16-15(3,6-2)14(18)17(13)11-9-7-8-10-12(11)19-4/h11-13,16H,5-10H2,1-4H3. The molecule has 4 atom stereocenters. The second-order valence-electron chi connectivity index (χ2n) is 6.09. The number of nitrogens with zero attached hydrogens (tertiary/aromatic N) is 1. The number of amides is 1. The Kier molecular flexibility index (Phi) is 4.83. The van der Waals surface area contributed by atoms with Crippen molar-refractivity contribution in [3.8, 4) is 0 Å². The molecule has 1 amide bonds. The molecule has 0 radical (unpaired) electrons. The molecule has 0 bridgehead atoms. The molecule has 4 unspecified atom stereocenters. The molecule has 1 saturated heterocycles. The van der Waals surface area contributed by atoms with Crippen molar-refractivity contribution >= 4 is 17.7 Å². The summed E-state index contributed by atoms with van der Waals surface area (Å²) in [5.74, 6) is 0.327. The fourth-order valence-electron chi connectivity index (χ4n) is 3.53. The Morgan fingerprint density at radius 2 is 2.05 bits per heavy atom. The summed E-state index contributed by atoms with van der Waals surface area (Å²) in [6, 6.07) is 0.432. The molecule has 0 spiro atoms. The van der Waals surface area contributed by atoms with Gasteiger partial charge in [0.25, 0.3) is 0 Å². The normalized spacial score (nSPS) is 39.9. The second-order valence-corrected chi connectivity index (χ2v) is 7.17. The van der Waals surface area contributed by atoms with Crippen LogP contribution in [0.5, 0.6) is 0 Å². The van der Waals surface area contributed by atoms with Crippen LogP contribution in [0.15, 0.2) is 0 Å². The van der Waals surface area contributed by atoms with Gasteiger partial charge in [0.05, 0.1) is 11.7 Å². The molecule has 2 fully saturated rings. The minimum atomic E-state index is -0.346. The van der Waals surface area contributed by atoms with E-state index in [2.05, 4.69) is 37.2 Å². The number of hydrogen-bond donors (Lipinski definition) is 1. The number of carbonyl (C=O) groups excluding carboxylic acids is 1. The maximum absolute atomic E-state index is 12.8. The summed E-state index contributed by atoms with van der Waals surface area (Å²) in [5.41, 5.74) is -0.346. The zero-order valence-corrected chi connectivity index (χ0v) is 13.6. The van der Waals surface area contributed by atoms with Crippen molar-refractivity contribution in [3.05, 3.63) is 0 Å². The van der Waals surface area contributed by atoms with Crippen LogP contribution < -0.4 is 5.32 Å². The van der Waals surface area contributed by atoms with Gasteiger partial charge in [0, 0.05) is 11.3 Å². The summed E-state index contributed by atoms with van der Waals surface area (Å²) in [4.78, 5) is 15.0. The van der Waals surface area contributed by atoms with Crippen LogP contribution in [0, 0.1) is 0 Å². The van der Waals surface area contributed by atoms with Gasteiger partial charge in [-0.05, 0) is 38.9 Å². The summed E-state index contributed by atoms with van der Waals surface area (Å²) < 4.78 is 0. The highest BCUT2D eigenvalue weighted by Gasteiger charge is 2.49. The Balaban J connectivity index is 2.23. The van der Waals surface area contributed by atoms with Gasteiger partial charge < -0.3 is 4.90 Å². The molecule has 4 heteroatoms. The Morgan fingerprint density at radius 1 is 1.37 bits per heavy atom. The summed E-state index contributed by atoms with van der Waals surface area (Å²) >= 11 is 1.94. The largest absolute Gasteiger partial charge is 0.321 e. The third-order valence-corrected chi connectivity index (χ3v) is 6.10. The first-order valence-corrected chi connectivity index (χ1v) is 8.99. The summed E-state index contributed by atoms with van der Waals surface area (Å²) in [7, 11) is 0. The van der Waals surface area contributed by atoms with E-state index in [1.165, 1.54) is 25.7 Å². The molecule has 1 N–H and O–H groups in total. The quantitative estimate of drug-likeness (QED) is 0.861. The van der Waals surface area contributed by atoms with Crippen molar-refractivity contribution in [1.29, 1.82) is 0 Å². The van der Waals surface area contributed by atoms with Gasteiger partial charge in [-0.2, -0.15) is 11.8 Å². The van der Waals surface area contributed by atoms with Crippen LogP contribution in [0.3, 0.4) is 0 Å². The number of thioether (sulfide) groups is 1. The van der Waals surface area contributed by atoms with E-state index in [1.807, 2.05) is 11.8 Å². The molecule has 0 aromatic rings. The van der Waals surface area contributed by atoms with E-state index in [-0.39, 0.29) is 11.7 Å². The fourth-order valence-corrected chi connectivity index (χ4v) is 4.51. The molecule has 2 rings (SSSR count). The van der Waals surface area contributed by atoms with E-state index in [4.69, 9.17) is 0 Å². The second kappa shape index (κ2) is 6.04. The predicted molar refractivity (Wildman–Crippen MR) is 82.3 cm³/mol. The molecule has 1 aliphatic heterocycles. The number of carbonyl (C=O) groups is 1. The Bertz CT molecular complexity index is 336. The number of hydrogen-bond acceptors (Lipinski definition) is 3. The van der Waals surface area contributed by atoms with Crippen molar-refractivity contribution < 1.29 is 4.79 Å². The molecule has 0 aromatic heterocycles. The monoisotopic (exact) mass is 284 g/mol. The molecule has 1 heterocycles. The van der Waals surface area contributed by atoms with E-state index >= 15 is 0 Å². The van der Waals surface area contributed by atoms with Gasteiger partial charge in [-0.1, -0.05) is 26.7 Å². The number of nitrogens with one attached hydrogen (secondary N) is 1. The van der Waals surface area contributed by atoms with Crippen LogP contribution in [0.2, 0.25) is 0 Å². The first-order valence-electron chi connectivity index (χ1n) is 7.70. The van der Waals surface area contributed by atoms with Crippen molar-refractivity contribution in [1.82, 2.24) is 10.2 Å². The number of rotatable bonds is 4. The lowest BCUT2D eigenvalue weighted by molar-refractivity contribution is -0.135. The van der Waals surface area contributed by atoms with Crippen LogP contribution in [0.25, 0.3) is 0 Å². The highest BCUT2D eigenvalue weighted by molar-refractivity contribution is 7.99. The first-order chi connectivity index (χ1) is 9.07. The van der Waals surface area contributed by atoms with Crippen molar-refractivity contribution in [2.75, 3.05) is 6.26 Å². The van der Waals surface area contributed by atoms with Crippen LogP contribution in [-0.4, -0.2) is 40.1 Å². The van der Waals surface area contributed by atoms with Gasteiger partial charge in [0.15, 0.2) is 0 Å². The van der Waals surface area contributed by atoms with Gasteiger partial charge in [-0.25, -0.2) is 0 Å². The molecular weight excluding hydrogens is 256 g/mol. The lowest BCUT2D eigenvalue weighted by Gasteiger charge is -2.40. The lowest BCUT2D eigenvalue weighted by Crippen LogP contribution is -2.50. The van der Waals surface area contributed by atoms with Gasteiger partial charge in [0.1, 0.15) is 0 Å². The molecule has 1 aliphatic carbocycles. The zero-order valence-electron chi connectivity index (χ0n) is 12.7. The minimum absolute atomic E-state index is 0.232. The highest BCUT2D eigenvalue weighted by atomic mass is 32.2. The Morgan fingerprint density at radius 3 is 2.63 bits per heavy atom. The fraction of sp³-hybridized carbons (Fsp3) is 0.933. The van der Waals surface area contributed by atoms with Crippen LogP contribution >= 0.6 is 11.8 Å². The lowest BCUT2D eigenvalue weighted by atomic mass is 9.92. The van der Waals surface area contributed by atoms with E-state index in [0.29, 0.717) is 17.2 Å². The molecule has 2 aliphatic rings. The van der Waals surface area contributed by atoms with Crippen LogP contribution in [-0.2, 0) is 4.79 Å². The minimum Gasteiger partial charge on any atom is -0.321 e. The van der Waals surface area contributed by atoms with Crippen molar-refractivity contribution in [2.45, 2.75) is 82.3 Å². The molecule has 110 valence electrons. The van der Waals surface area contributed by atoms with E-state index < -0.39 is 0 Å². The smallest absolute Gasteiger partial charge is 0.244 e. The predicted octanol–water partition coefficient (Wildman–Crippen LogP) is 3.00. The van der Waals surface area contributed by atoms with Crippen LogP contribution in [0.1, 0.15) is 59.3 Å². The first kappa shape index (κ1) is 15.2. The molecule has 0 aromatic carbocycles. The molecular formula is C15H28N2OS. The van der Waals surface area contributed by atoms with Gasteiger partial charge >= 0.3 is 0 Å². The van der Waals surface area contributed by atoms with Gasteiger partial charge in [-0.15, -0.1) is 0 Å². The molecule has 1 saturated carbocycles. The molecule has 3 nitrogen and oxygen atoms in total.